The summed E-state index contributed by atoms with van der Waals surface area (Å²) < 4.78 is 36.1. The Hall–Kier alpha value is -3.03. The smallest absolute Gasteiger partial charge is 0.311 e. The zero-order valence-electron chi connectivity index (χ0n) is 34.7. The third kappa shape index (κ3) is 10.3. The highest BCUT2D eigenvalue weighted by molar-refractivity contribution is 7.99. The number of hydrogen-bond acceptors (Lipinski definition) is 7. The molecule has 1 aliphatic heterocycles. The summed E-state index contributed by atoms with van der Waals surface area (Å²) in [5, 5.41) is 1.84. The topological polar surface area (TPSA) is 63.2 Å². The molecule has 4 aromatic rings. The number of carbonyl (C=O) groups is 1. The van der Waals surface area contributed by atoms with Gasteiger partial charge in [0, 0.05) is 4.90 Å². The lowest BCUT2D eigenvalue weighted by Crippen LogP contribution is -2.72. The fourth-order valence-electron chi connectivity index (χ4n) is 6.75. The van der Waals surface area contributed by atoms with Crippen LogP contribution in [0.3, 0.4) is 0 Å². The first-order valence-corrected chi connectivity index (χ1v) is 25.2. The van der Waals surface area contributed by atoms with Crippen LogP contribution in [0, 0.1) is 5.41 Å². The van der Waals surface area contributed by atoms with Gasteiger partial charge in [0.2, 0.25) is 0 Å². The van der Waals surface area contributed by atoms with Crippen molar-refractivity contribution in [3.63, 3.8) is 0 Å². The molecule has 0 unspecified atom stereocenters. The maximum atomic E-state index is 13.5. The van der Waals surface area contributed by atoms with E-state index < -0.39 is 51.9 Å². The van der Waals surface area contributed by atoms with E-state index in [-0.39, 0.29) is 22.7 Å². The second-order valence-corrected chi connectivity index (χ2v) is 28.4. The van der Waals surface area contributed by atoms with Gasteiger partial charge in [-0.3, -0.25) is 4.79 Å². The summed E-state index contributed by atoms with van der Waals surface area (Å²) in [5.41, 5.74) is -0.138. The van der Waals surface area contributed by atoms with E-state index >= 15 is 0 Å². The molecule has 296 valence electrons. The Kier molecular flexibility index (Phi) is 13.8. The molecule has 0 spiro atoms. The molecule has 0 saturated carbocycles. The second-order valence-electron chi connectivity index (χ2n) is 18.2. The van der Waals surface area contributed by atoms with Crippen LogP contribution in [0.15, 0.2) is 126 Å². The Labute approximate surface area is 336 Å². The molecular formula is C46H62O6SSi2. The van der Waals surface area contributed by atoms with Crippen molar-refractivity contribution in [2.24, 2.45) is 5.41 Å². The highest BCUT2D eigenvalue weighted by atomic mass is 32.2. The minimum atomic E-state index is -3.19. The minimum absolute atomic E-state index is 0.00753. The van der Waals surface area contributed by atoms with Crippen molar-refractivity contribution in [1.29, 1.82) is 0 Å². The lowest BCUT2D eigenvalue weighted by atomic mass is 9.97. The molecule has 5 rings (SSSR count). The third-order valence-corrected chi connectivity index (χ3v) is 21.5. The number of esters is 1. The highest BCUT2D eigenvalue weighted by Crippen LogP contribution is 2.46. The Morgan fingerprint density at radius 2 is 1.13 bits per heavy atom. The normalized spacial score (nSPS) is 21.3. The molecule has 4 aromatic carbocycles. The predicted octanol–water partition coefficient (Wildman–Crippen LogP) is 10.0. The lowest BCUT2D eigenvalue weighted by molar-refractivity contribution is -0.217. The predicted molar refractivity (Wildman–Crippen MR) is 231 cm³/mol. The number of rotatable bonds is 13. The summed E-state index contributed by atoms with van der Waals surface area (Å²) in [5.74, 6) is -0.295. The zero-order chi connectivity index (χ0) is 40.1. The van der Waals surface area contributed by atoms with Gasteiger partial charge in [-0.25, -0.2) is 0 Å². The van der Waals surface area contributed by atoms with Crippen molar-refractivity contribution >= 4 is 44.7 Å². The summed E-state index contributed by atoms with van der Waals surface area (Å²) in [6.07, 6.45) is -2.45. The highest BCUT2D eigenvalue weighted by Gasteiger charge is 2.58. The first-order valence-electron chi connectivity index (χ1n) is 19.5. The second kappa shape index (κ2) is 17.6. The van der Waals surface area contributed by atoms with Crippen molar-refractivity contribution in [1.82, 2.24) is 0 Å². The number of ether oxygens (including phenoxy) is 3. The van der Waals surface area contributed by atoms with Crippen molar-refractivity contribution in [3.05, 3.63) is 127 Å². The van der Waals surface area contributed by atoms with Crippen LogP contribution in [0.1, 0.15) is 67.9 Å². The lowest BCUT2D eigenvalue weighted by Gasteiger charge is -2.54. The first-order chi connectivity index (χ1) is 25.8. The van der Waals surface area contributed by atoms with Crippen molar-refractivity contribution in [2.45, 2.75) is 127 Å². The molecule has 6 nitrogen and oxygen atoms in total. The van der Waals surface area contributed by atoms with Crippen molar-refractivity contribution in [2.75, 3.05) is 6.61 Å². The van der Waals surface area contributed by atoms with E-state index in [1.54, 1.807) is 11.8 Å². The SMILES string of the molecule is CC(C)(C)C(=O)OC[C@H]1O[C@H](Sc2ccccc2)[C@@H](OCc2ccccc2)[C@@H](O[Si](C)(C)C(C)(C)C)[C@@H]1O[Si](c1ccccc1)(c1ccccc1)C(C)(C)C. The Morgan fingerprint density at radius 1 is 0.636 bits per heavy atom. The van der Waals surface area contributed by atoms with E-state index in [9.17, 15) is 4.79 Å². The van der Waals surface area contributed by atoms with Gasteiger partial charge >= 0.3 is 5.97 Å². The maximum absolute atomic E-state index is 13.5. The third-order valence-electron chi connectivity index (χ3n) is 10.8. The van der Waals surface area contributed by atoms with Gasteiger partial charge in [0.15, 0.2) is 8.32 Å². The number of hydrogen-bond donors (Lipinski definition) is 0. The molecule has 1 saturated heterocycles. The van der Waals surface area contributed by atoms with Gasteiger partial charge in [-0.1, -0.05) is 162 Å². The molecule has 9 heteroatoms. The average molecular weight is 799 g/mol. The first kappa shape index (κ1) is 43.1. The summed E-state index contributed by atoms with van der Waals surface area (Å²) in [6, 6.07) is 41.8. The summed E-state index contributed by atoms with van der Waals surface area (Å²) >= 11 is 1.61. The van der Waals surface area contributed by atoms with Crippen LogP contribution in [-0.2, 0) is 34.5 Å². The quantitative estimate of drug-likeness (QED) is 0.0986. The zero-order valence-corrected chi connectivity index (χ0v) is 37.5. The molecule has 0 amide bonds. The molecular weight excluding hydrogens is 737 g/mol. The van der Waals surface area contributed by atoms with Gasteiger partial charge in [0.25, 0.3) is 8.32 Å². The van der Waals surface area contributed by atoms with Crippen LogP contribution in [0.25, 0.3) is 0 Å². The van der Waals surface area contributed by atoms with Crippen LogP contribution in [0.2, 0.25) is 23.2 Å². The molecule has 5 atom stereocenters. The number of carbonyl (C=O) groups excluding carboxylic acids is 1. The van der Waals surface area contributed by atoms with Gasteiger partial charge in [-0.15, -0.1) is 0 Å². The van der Waals surface area contributed by atoms with E-state index in [2.05, 4.69) is 140 Å². The van der Waals surface area contributed by atoms with Gasteiger partial charge in [0.05, 0.1) is 12.0 Å². The maximum Gasteiger partial charge on any atom is 0.311 e. The Morgan fingerprint density at radius 3 is 1.60 bits per heavy atom. The standard InChI is InChI=1S/C46H62O6SSi2/c1-44(2,3)43(47)49-33-38-39(52-55(46(7,8)9,36-28-20-14-21-29-36)37-30-22-15-23-31-37)40(51-54(10,11)45(4,5)6)41(48-32-34-24-16-12-17-25-34)42(50-38)53-35-26-18-13-19-27-35/h12-31,38-42H,32-33H2,1-11H3/t38-,39-,40+,41+,42-/m1/s1. The summed E-state index contributed by atoms with van der Waals surface area (Å²) in [7, 11) is -5.70. The van der Waals surface area contributed by atoms with E-state index in [1.807, 2.05) is 57.2 Å². The van der Waals surface area contributed by atoms with E-state index in [1.165, 1.54) is 0 Å². The van der Waals surface area contributed by atoms with Crippen LogP contribution >= 0.6 is 11.8 Å². The van der Waals surface area contributed by atoms with Gasteiger partial charge in [-0.05, 0) is 72.0 Å². The molecule has 0 aromatic heterocycles. The van der Waals surface area contributed by atoms with Gasteiger partial charge < -0.3 is 23.1 Å². The van der Waals surface area contributed by atoms with E-state index in [4.69, 9.17) is 23.1 Å². The van der Waals surface area contributed by atoms with Crippen LogP contribution in [0.4, 0.5) is 0 Å². The van der Waals surface area contributed by atoms with Crippen molar-refractivity contribution < 1.29 is 27.9 Å². The molecule has 55 heavy (non-hydrogen) atoms. The summed E-state index contributed by atoms with van der Waals surface area (Å²) in [6.45, 7) is 24.2. The Bertz CT molecular complexity index is 1750. The van der Waals surface area contributed by atoms with E-state index in [0.717, 1.165) is 20.8 Å². The van der Waals surface area contributed by atoms with Crippen LogP contribution in [-0.4, -0.2) is 59.1 Å². The number of benzene rings is 4. The molecule has 1 aliphatic rings. The molecule has 0 N–H and O–H groups in total. The average Bonchev–Trinajstić information content (AvgIpc) is 3.13. The molecule has 0 bridgehead atoms. The molecule has 1 fully saturated rings. The summed E-state index contributed by atoms with van der Waals surface area (Å²) in [4.78, 5) is 14.5. The van der Waals surface area contributed by atoms with Crippen molar-refractivity contribution in [3.8, 4) is 0 Å². The Balaban J connectivity index is 1.75. The molecule has 1 heterocycles. The van der Waals surface area contributed by atoms with Gasteiger partial charge in [0.1, 0.15) is 36.5 Å². The van der Waals surface area contributed by atoms with E-state index in [0.29, 0.717) is 6.61 Å². The molecule has 0 radical (unpaired) electrons. The minimum Gasteiger partial charge on any atom is -0.462 e. The number of thioether (sulfide) groups is 1. The van der Waals surface area contributed by atoms with Crippen LogP contribution < -0.4 is 10.4 Å². The largest absolute Gasteiger partial charge is 0.462 e. The molecule has 0 aliphatic carbocycles. The fraction of sp³-hybridized carbons (Fsp3) is 0.457. The van der Waals surface area contributed by atoms with Gasteiger partial charge in [-0.2, -0.15) is 0 Å². The van der Waals surface area contributed by atoms with Crippen LogP contribution in [0.5, 0.6) is 0 Å². The fourth-order valence-corrected chi connectivity index (χ4v) is 13.9. The monoisotopic (exact) mass is 798 g/mol.